The number of aliphatic imine (C=N–C) groups is 1. The average Bonchev–Trinajstić information content (AvgIpc) is 3.30. The number of carbonyl (C=O) groups excluding carboxylic acids is 1. The van der Waals surface area contributed by atoms with Crippen LogP contribution in [0.25, 0.3) is 0 Å². The average molecular weight is 519 g/mol. The van der Waals surface area contributed by atoms with Gasteiger partial charge in [0.1, 0.15) is 0 Å². The van der Waals surface area contributed by atoms with Gasteiger partial charge in [-0.2, -0.15) is 0 Å². The molecule has 0 saturated heterocycles. The van der Waals surface area contributed by atoms with Crippen LogP contribution in [0.1, 0.15) is 46.3 Å². The van der Waals surface area contributed by atoms with E-state index in [1.54, 1.807) is 17.4 Å². The summed E-state index contributed by atoms with van der Waals surface area (Å²) < 4.78 is 5.18. The van der Waals surface area contributed by atoms with Crippen LogP contribution < -0.4 is 16.0 Å². The highest BCUT2D eigenvalue weighted by atomic mass is 127. The van der Waals surface area contributed by atoms with E-state index in [-0.39, 0.29) is 29.9 Å². The molecule has 0 unspecified atom stereocenters. The zero-order valence-electron chi connectivity index (χ0n) is 16.7. The number of furan rings is 1. The molecule has 2 aromatic heterocycles. The van der Waals surface area contributed by atoms with Crippen molar-refractivity contribution in [2.24, 2.45) is 4.99 Å². The highest BCUT2D eigenvalue weighted by molar-refractivity contribution is 14.0. The van der Waals surface area contributed by atoms with Crippen LogP contribution in [-0.4, -0.2) is 43.0 Å². The lowest BCUT2D eigenvalue weighted by molar-refractivity contribution is 0.0925. The summed E-state index contributed by atoms with van der Waals surface area (Å²) in [6.07, 6.45) is 6.16. The van der Waals surface area contributed by atoms with Gasteiger partial charge in [0.2, 0.25) is 0 Å². The molecule has 0 radical (unpaired) electrons. The van der Waals surface area contributed by atoms with Gasteiger partial charge in [0, 0.05) is 49.2 Å². The molecule has 0 atom stereocenters. The number of aromatic nitrogens is 1. The van der Waals surface area contributed by atoms with Crippen LogP contribution in [0.3, 0.4) is 0 Å². The molecule has 3 N–H and O–H groups in total. The van der Waals surface area contributed by atoms with Crippen molar-refractivity contribution in [2.45, 2.75) is 40.0 Å². The highest BCUT2D eigenvalue weighted by Crippen LogP contribution is 2.13. The van der Waals surface area contributed by atoms with Crippen LogP contribution in [-0.2, 0) is 12.8 Å². The molecule has 9 heteroatoms. The molecule has 1 amide bonds. The van der Waals surface area contributed by atoms with Gasteiger partial charge in [0.25, 0.3) is 5.91 Å². The molecule has 2 aromatic rings. The summed E-state index contributed by atoms with van der Waals surface area (Å²) in [6.45, 7) is 8.81. The van der Waals surface area contributed by atoms with Gasteiger partial charge < -0.3 is 20.4 Å². The van der Waals surface area contributed by atoms with Crippen molar-refractivity contribution in [2.75, 3.05) is 26.2 Å². The minimum atomic E-state index is -0.179. The maximum Gasteiger partial charge on any atom is 0.287 e. The SMILES string of the molecule is CCNC(=NCCCNC(=O)c1occc1C)NCCc1ncc(CC)s1.I. The molecule has 0 bridgehead atoms. The number of amides is 1. The lowest BCUT2D eigenvalue weighted by Gasteiger charge is -2.10. The Hall–Kier alpha value is -1.62. The fraction of sp³-hybridized carbons (Fsp3) is 0.526. The first-order valence-electron chi connectivity index (χ1n) is 9.42. The van der Waals surface area contributed by atoms with E-state index in [1.165, 1.54) is 11.1 Å². The summed E-state index contributed by atoms with van der Waals surface area (Å²) in [5.74, 6) is 0.987. The molecule has 0 fully saturated rings. The number of guanidine groups is 1. The van der Waals surface area contributed by atoms with Gasteiger partial charge in [-0.1, -0.05) is 6.92 Å². The van der Waals surface area contributed by atoms with Crippen molar-refractivity contribution in [1.82, 2.24) is 20.9 Å². The summed E-state index contributed by atoms with van der Waals surface area (Å²) in [5.41, 5.74) is 0.843. The van der Waals surface area contributed by atoms with Crippen molar-refractivity contribution in [1.29, 1.82) is 0 Å². The first-order valence-corrected chi connectivity index (χ1v) is 10.2. The number of hydrogen-bond acceptors (Lipinski definition) is 5. The van der Waals surface area contributed by atoms with E-state index >= 15 is 0 Å². The van der Waals surface area contributed by atoms with Gasteiger partial charge in [-0.05, 0) is 32.8 Å². The van der Waals surface area contributed by atoms with E-state index in [1.807, 2.05) is 20.0 Å². The van der Waals surface area contributed by atoms with Crippen LogP contribution in [0.5, 0.6) is 0 Å². The fourth-order valence-corrected chi connectivity index (χ4v) is 3.28. The number of halogens is 1. The smallest absolute Gasteiger partial charge is 0.287 e. The van der Waals surface area contributed by atoms with Crippen molar-refractivity contribution in [3.63, 3.8) is 0 Å². The number of carbonyl (C=O) groups is 1. The molecular formula is C19H30IN5O2S. The second-order valence-corrected chi connectivity index (χ2v) is 7.25. The fourth-order valence-electron chi connectivity index (χ4n) is 2.41. The normalized spacial score (nSPS) is 11.0. The molecule has 0 saturated carbocycles. The van der Waals surface area contributed by atoms with Crippen LogP contribution in [0.2, 0.25) is 0 Å². The molecule has 2 heterocycles. The Kier molecular flexibility index (Phi) is 11.8. The van der Waals surface area contributed by atoms with Gasteiger partial charge in [-0.25, -0.2) is 4.98 Å². The Labute approximate surface area is 187 Å². The zero-order chi connectivity index (χ0) is 19.5. The van der Waals surface area contributed by atoms with Crippen LogP contribution >= 0.6 is 35.3 Å². The lowest BCUT2D eigenvalue weighted by atomic mass is 10.2. The monoisotopic (exact) mass is 519 g/mol. The first-order chi connectivity index (χ1) is 13.1. The second kappa shape index (κ2) is 13.5. The molecular weight excluding hydrogens is 489 g/mol. The van der Waals surface area contributed by atoms with Gasteiger partial charge in [-0.15, -0.1) is 35.3 Å². The number of nitrogens with zero attached hydrogens (tertiary/aromatic N) is 2. The molecule has 0 aromatic carbocycles. The van der Waals surface area contributed by atoms with Gasteiger partial charge in [0.15, 0.2) is 11.7 Å². The maximum atomic E-state index is 12.0. The first kappa shape index (κ1) is 24.4. The second-order valence-electron chi connectivity index (χ2n) is 6.05. The van der Waals surface area contributed by atoms with Crippen molar-refractivity contribution in [3.8, 4) is 0 Å². The van der Waals surface area contributed by atoms with Crippen LogP contribution in [0.15, 0.2) is 27.9 Å². The molecule has 0 aliphatic heterocycles. The number of rotatable bonds is 10. The van der Waals surface area contributed by atoms with Crippen molar-refractivity contribution < 1.29 is 9.21 Å². The van der Waals surface area contributed by atoms with E-state index in [2.05, 4.69) is 32.9 Å². The Bertz CT molecular complexity index is 744. The van der Waals surface area contributed by atoms with E-state index in [0.29, 0.717) is 18.8 Å². The van der Waals surface area contributed by atoms with Gasteiger partial charge in [-0.3, -0.25) is 9.79 Å². The summed E-state index contributed by atoms with van der Waals surface area (Å²) in [4.78, 5) is 22.2. The molecule has 0 aliphatic carbocycles. The molecule has 0 aliphatic rings. The summed E-state index contributed by atoms with van der Waals surface area (Å²) in [5, 5.41) is 10.6. The Morgan fingerprint density at radius 3 is 2.71 bits per heavy atom. The topological polar surface area (TPSA) is 91.5 Å². The highest BCUT2D eigenvalue weighted by Gasteiger charge is 2.11. The Morgan fingerprint density at radius 1 is 1.25 bits per heavy atom. The lowest BCUT2D eigenvalue weighted by Crippen LogP contribution is -2.38. The number of hydrogen-bond donors (Lipinski definition) is 3. The quantitative estimate of drug-likeness (QED) is 0.194. The van der Waals surface area contributed by atoms with Crippen LogP contribution in [0.4, 0.5) is 0 Å². The third-order valence-corrected chi connectivity index (χ3v) is 5.09. The molecule has 156 valence electrons. The number of nitrogens with one attached hydrogen (secondary N) is 3. The number of aryl methyl sites for hydroxylation is 2. The minimum Gasteiger partial charge on any atom is -0.459 e. The van der Waals surface area contributed by atoms with E-state index in [4.69, 9.17) is 4.42 Å². The third-order valence-electron chi connectivity index (χ3n) is 3.88. The third kappa shape index (κ3) is 8.17. The molecule has 2 rings (SSSR count). The number of thiazole rings is 1. The Balaban J connectivity index is 0.00000392. The Morgan fingerprint density at radius 2 is 2.07 bits per heavy atom. The molecule has 28 heavy (non-hydrogen) atoms. The van der Waals surface area contributed by atoms with Gasteiger partial charge >= 0.3 is 0 Å². The molecule has 0 spiro atoms. The zero-order valence-corrected chi connectivity index (χ0v) is 19.9. The largest absolute Gasteiger partial charge is 0.459 e. The predicted molar refractivity (Wildman–Crippen MR) is 125 cm³/mol. The van der Waals surface area contributed by atoms with E-state index < -0.39 is 0 Å². The van der Waals surface area contributed by atoms with E-state index in [0.717, 1.165) is 48.9 Å². The summed E-state index contributed by atoms with van der Waals surface area (Å²) in [7, 11) is 0. The van der Waals surface area contributed by atoms with Crippen LogP contribution in [0, 0.1) is 6.92 Å². The standard InChI is InChI=1S/C19H29N5O2S.HI/c1-4-15-13-24-16(27-15)7-11-23-19(20-5-2)22-10-6-9-21-18(25)17-14(3)8-12-26-17;/h8,12-13H,4-7,9-11H2,1-3H3,(H,21,25)(H2,20,22,23);1H. The van der Waals surface area contributed by atoms with Crippen molar-refractivity contribution in [3.05, 3.63) is 39.7 Å². The van der Waals surface area contributed by atoms with Gasteiger partial charge in [0.05, 0.1) is 11.3 Å². The molecule has 7 nitrogen and oxygen atoms in total. The predicted octanol–water partition coefficient (Wildman–Crippen LogP) is 3.14. The van der Waals surface area contributed by atoms with E-state index in [9.17, 15) is 4.79 Å². The summed E-state index contributed by atoms with van der Waals surface area (Å²) in [6, 6.07) is 1.78. The van der Waals surface area contributed by atoms with Crippen molar-refractivity contribution >= 4 is 47.2 Å². The minimum absolute atomic E-state index is 0. The summed E-state index contributed by atoms with van der Waals surface area (Å²) >= 11 is 1.77. The maximum absolute atomic E-state index is 12.0.